The molecule has 1 heterocycles. The topological polar surface area (TPSA) is 66.8 Å². The number of benzene rings is 1. The molecule has 0 bridgehead atoms. The number of nitrogens with zero attached hydrogens (tertiary/aromatic N) is 1. The molecule has 154 valence electrons. The lowest BCUT2D eigenvalue weighted by Crippen LogP contribution is -2.43. The molecule has 2 aliphatic carbocycles. The van der Waals surface area contributed by atoms with Crippen molar-refractivity contribution in [1.29, 1.82) is 0 Å². The summed E-state index contributed by atoms with van der Waals surface area (Å²) in [5, 5.41) is 12.3. The van der Waals surface area contributed by atoms with E-state index in [-0.39, 0.29) is 22.4 Å². The van der Waals surface area contributed by atoms with Gasteiger partial charge in [0.15, 0.2) is 11.6 Å². The first-order chi connectivity index (χ1) is 13.5. The van der Waals surface area contributed by atoms with E-state index in [1.165, 1.54) is 0 Å². The Balaban J connectivity index is 2.00. The van der Waals surface area contributed by atoms with Crippen molar-refractivity contribution in [3.63, 3.8) is 0 Å². The molecule has 1 aromatic carbocycles. The first-order valence-corrected chi connectivity index (χ1v) is 10.2. The molecule has 0 unspecified atom stereocenters. The maximum Gasteiger partial charge on any atom is 0.162 e. The number of allylic oxidation sites excluding steroid dienone is 4. The summed E-state index contributed by atoms with van der Waals surface area (Å²) in [5.74, 6) is 0.149. The summed E-state index contributed by atoms with van der Waals surface area (Å²) in [6.45, 7) is 8.17. The minimum atomic E-state index is -0.494. The van der Waals surface area contributed by atoms with Gasteiger partial charge in [-0.15, -0.1) is 0 Å². The molecule has 0 atom stereocenters. The first-order valence-electron chi connectivity index (χ1n) is 10.2. The smallest absolute Gasteiger partial charge is 0.162 e. The number of carbonyl (C=O) groups is 2. The van der Waals surface area contributed by atoms with E-state index in [0.717, 1.165) is 10.6 Å². The van der Waals surface area contributed by atoms with Gasteiger partial charge in [-0.3, -0.25) is 14.8 Å². The minimum Gasteiger partial charge on any atom is -0.496 e. The second kappa shape index (κ2) is 6.56. The van der Waals surface area contributed by atoms with Crippen molar-refractivity contribution in [2.24, 2.45) is 10.8 Å². The average Bonchev–Trinajstić information content (AvgIpc) is 2.62. The van der Waals surface area contributed by atoms with Crippen LogP contribution in [0.5, 0.6) is 5.75 Å². The van der Waals surface area contributed by atoms with Crippen LogP contribution in [0, 0.1) is 10.8 Å². The van der Waals surface area contributed by atoms with Crippen LogP contribution in [0.4, 0.5) is 0 Å². The van der Waals surface area contributed by atoms with Crippen LogP contribution in [0.2, 0.25) is 0 Å². The zero-order valence-electron chi connectivity index (χ0n) is 17.8. The molecule has 0 amide bonds. The van der Waals surface area contributed by atoms with Crippen molar-refractivity contribution < 1.29 is 19.5 Å². The lowest BCUT2D eigenvalue weighted by molar-refractivity contribution is -0.123. The molecular weight excluding hydrogens is 366 g/mol. The Bertz CT molecular complexity index is 913. The van der Waals surface area contributed by atoms with E-state index in [9.17, 15) is 14.8 Å². The summed E-state index contributed by atoms with van der Waals surface area (Å²) in [5.41, 5.74) is 2.68. The third kappa shape index (κ3) is 3.21. The van der Waals surface area contributed by atoms with Crippen LogP contribution in [0.25, 0.3) is 0 Å². The van der Waals surface area contributed by atoms with Gasteiger partial charge in [0.25, 0.3) is 0 Å². The molecule has 0 aromatic heterocycles. The number of rotatable bonds is 2. The fraction of sp³-hybridized carbons (Fsp3) is 0.500. The highest BCUT2D eigenvalue weighted by molar-refractivity contribution is 6.06. The number of hydrogen-bond acceptors (Lipinski definition) is 5. The van der Waals surface area contributed by atoms with Gasteiger partial charge in [-0.05, 0) is 29.7 Å². The highest BCUT2D eigenvalue weighted by Gasteiger charge is 2.49. The normalized spacial score (nSPS) is 23.9. The van der Waals surface area contributed by atoms with E-state index in [1.54, 1.807) is 7.11 Å². The van der Waals surface area contributed by atoms with E-state index < -0.39 is 5.92 Å². The predicted octanol–water partition coefficient (Wildman–Crippen LogP) is 4.77. The molecule has 29 heavy (non-hydrogen) atoms. The maximum atomic E-state index is 13.3. The molecule has 3 aliphatic rings. The Hall–Kier alpha value is -2.40. The number of ketones is 2. The summed E-state index contributed by atoms with van der Waals surface area (Å²) < 4.78 is 5.59. The molecular formula is C24H29NO4. The number of hydrogen-bond donors (Lipinski definition) is 1. The Morgan fingerprint density at radius 2 is 1.38 bits per heavy atom. The highest BCUT2D eigenvalue weighted by atomic mass is 16.5. The van der Waals surface area contributed by atoms with Crippen molar-refractivity contribution in [2.75, 3.05) is 7.11 Å². The Morgan fingerprint density at radius 1 is 0.897 bits per heavy atom. The molecule has 1 aromatic rings. The van der Waals surface area contributed by atoms with Gasteiger partial charge in [0.05, 0.1) is 18.5 Å². The van der Waals surface area contributed by atoms with Crippen molar-refractivity contribution in [1.82, 2.24) is 5.06 Å². The second-order valence-corrected chi connectivity index (χ2v) is 10.1. The first kappa shape index (κ1) is 19.9. The quantitative estimate of drug-likeness (QED) is 0.781. The fourth-order valence-corrected chi connectivity index (χ4v) is 5.16. The molecule has 0 spiro atoms. The number of para-hydroxylation sites is 1. The minimum absolute atomic E-state index is 0.00427. The van der Waals surface area contributed by atoms with Crippen molar-refractivity contribution >= 4 is 11.6 Å². The molecule has 1 aliphatic heterocycles. The van der Waals surface area contributed by atoms with E-state index in [2.05, 4.69) is 0 Å². The molecule has 0 fully saturated rings. The van der Waals surface area contributed by atoms with Gasteiger partial charge >= 0.3 is 0 Å². The van der Waals surface area contributed by atoms with Gasteiger partial charge < -0.3 is 4.74 Å². The number of methoxy groups -OCH3 is 1. The lowest BCUT2D eigenvalue weighted by atomic mass is 9.64. The Kier molecular flexibility index (Phi) is 4.50. The molecule has 0 saturated heterocycles. The van der Waals surface area contributed by atoms with Gasteiger partial charge in [-0.2, -0.15) is 0 Å². The molecule has 4 rings (SSSR count). The third-order valence-corrected chi connectivity index (χ3v) is 6.33. The predicted molar refractivity (Wildman–Crippen MR) is 109 cm³/mol. The summed E-state index contributed by atoms with van der Waals surface area (Å²) in [4.78, 5) is 26.6. The van der Waals surface area contributed by atoms with Gasteiger partial charge in [0.2, 0.25) is 0 Å². The monoisotopic (exact) mass is 395 g/mol. The molecule has 0 radical (unpaired) electrons. The Labute approximate surface area is 172 Å². The summed E-state index contributed by atoms with van der Waals surface area (Å²) in [7, 11) is 1.60. The Morgan fingerprint density at radius 3 is 1.86 bits per heavy atom. The van der Waals surface area contributed by atoms with Gasteiger partial charge in [-0.25, -0.2) is 5.06 Å². The van der Waals surface area contributed by atoms with Gasteiger partial charge in [0.1, 0.15) is 5.75 Å². The summed E-state index contributed by atoms with van der Waals surface area (Å²) >= 11 is 0. The fourth-order valence-electron chi connectivity index (χ4n) is 5.16. The van der Waals surface area contributed by atoms with E-state index in [1.807, 2.05) is 52.0 Å². The van der Waals surface area contributed by atoms with Crippen LogP contribution in [-0.2, 0) is 9.59 Å². The number of ether oxygens (including phenoxy) is 1. The lowest BCUT2D eigenvalue weighted by Gasteiger charge is -2.46. The van der Waals surface area contributed by atoms with Crippen LogP contribution in [-0.4, -0.2) is 28.9 Å². The van der Waals surface area contributed by atoms with Crippen molar-refractivity contribution in [3.8, 4) is 5.75 Å². The van der Waals surface area contributed by atoms with Crippen LogP contribution in [0.1, 0.15) is 64.9 Å². The third-order valence-electron chi connectivity index (χ3n) is 6.33. The van der Waals surface area contributed by atoms with Crippen LogP contribution >= 0.6 is 0 Å². The standard InChI is InChI=1S/C24H29NO4/c1-23(2)10-15-21(17(26)12-23)20(14-8-6-7-9-19(14)29-5)22-16(25(15)28)11-24(3,4)13-18(22)27/h6-9,20,28H,10-13H2,1-5H3. The number of Topliss-reactive ketones (excluding diaryl/α,β-unsaturated/α-hetero) is 2. The average molecular weight is 395 g/mol. The second-order valence-electron chi connectivity index (χ2n) is 10.1. The maximum absolute atomic E-state index is 13.3. The SMILES string of the molecule is COc1ccccc1C1C2=C(CC(C)(C)CC2=O)N(O)C2=C1C(=O)CC(C)(C)C2. The zero-order valence-corrected chi connectivity index (χ0v) is 17.8. The number of hydroxylamine groups is 2. The largest absolute Gasteiger partial charge is 0.496 e. The molecule has 0 saturated carbocycles. The van der Waals surface area contributed by atoms with E-state index in [0.29, 0.717) is 54.0 Å². The number of carbonyl (C=O) groups excluding carboxylic acids is 2. The van der Waals surface area contributed by atoms with Gasteiger partial charge in [0, 0.05) is 35.5 Å². The van der Waals surface area contributed by atoms with Crippen LogP contribution < -0.4 is 4.74 Å². The summed E-state index contributed by atoms with van der Waals surface area (Å²) in [6.07, 6.45) is 1.96. The van der Waals surface area contributed by atoms with E-state index in [4.69, 9.17) is 4.74 Å². The molecule has 5 nitrogen and oxygen atoms in total. The van der Waals surface area contributed by atoms with E-state index >= 15 is 0 Å². The highest BCUT2D eigenvalue weighted by Crippen LogP contribution is 2.54. The zero-order chi connectivity index (χ0) is 21.1. The van der Waals surface area contributed by atoms with Crippen LogP contribution in [0.15, 0.2) is 46.8 Å². The van der Waals surface area contributed by atoms with Gasteiger partial charge in [-0.1, -0.05) is 45.9 Å². The van der Waals surface area contributed by atoms with Crippen molar-refractivity contribution in [2.45, 2.75) is 59.3 Å². The van der Waals surface area contributed by atoms with Crippen molar-refractivity contribution in [3.05, 3.63) is 52.4 Å². The molecule has 5 heteroatoms. The van der Waals surface area contributed by atoms with Crippen LogP contribution in [0.3, 0.4) is 0 Å². The molecule has 1 N–H and O–H groups in total. The summed E-state index contributed by atoms with van der Waals surface area (Å²) in [6, 6.07) is 7.56.